The summed E-state index contributed by atoms with van der Waals surface area (Å²) in [6.45, 7) is 2.21. The summed E-state index contributed by atoms with van der Waals surface area (Å²) in [6.07, 6.45) is 0. The van der Waals surface area contributed by atoms with E-state index >= 15 is 0 Å². The van der Waals surface area contributed by atoms with E-state index in [1.165, 1.54) is 4.31 Å². The van der Waals surface area contributed by atoms with Gasteiger partial charge in [-0.3, -0.25) is 0 Å². The number of thiophene rings is 1. The summed E-state index contributed by atoms with van der Waals surface area (Å²) in [5.41, 5.74) is 2.83. The Morgan fingerprint density at radius 1 is 1.19 bits per heavy atom. The quantitative estimate of drug-likeness (QED) is 0.660. The SMILES string of the molecule is O=S(=O)(c1cccc(NCc2csc(-c3ccsc3)n2)c1)N1CCOCC1. The van der Waals surface area contributed by atoms with Gasteiger partial charge in [-0.25, -0.2) is 13.4 Å². The van der Waals surface area contributed by atoms with Gasteiger partial charge in [0.2, 0.25) is 10.0 Å². The van der Waals surface area contributed by atoms with Crippen LogP contribution in [0.2, 0.25) is 0 Å². The average Bonchev–Trinajstić information content (AvgIpc) is 3.39. The molecular formula is C18H19N3O3S3. The molecule has 1 aliphatic rings. The Labute approximate surface area is 166 Å². The molecular weight excluding hydrogens is 402 g/mol. The fourth-order valence-corrected chi connectivity index (χ4v) is 5.79. The van der Waals surface area contributed by atoms with E-state index in [1.54, 1.807) is 40.9 Å². The minimum Gasteiger partial charge on any atom is -0.379 e. The minimum atomic E-state index is -3.49. The number of rotatable bonds is 6. The Morgan fingerprint density at radius 3 is 2.81 bits per heavy atom. The monoisotopic (exact) mass is 421 g/mol. The Kier molecular flexibility index (Phi) is 5.55. The summed E-state index contributed by atoms with van der Waals surface area (Å²) in [4.78, 5) is 4.93. The third-order valence-electron chi connectivity index (χ3n) is 4.24. The lowest BCUT2D eigenvalue weighted by molar-refractivity contribution is 0.0730. The molecule has 142 valence electrons. The molecule has 1 saturated heterocycles. The van der Waals surface area contributed by atoms with E-state index < -0.39 is 10.0 Å². The zero-order valence-corrected chi connectivity index (χ0v) is 16.9. The lowest BCUT2D eigenvalue weighted by atomic mass is 10.3. The van der Waals surface area contributed by atoms with Gasteiger partial charge in [0, 0.05) is 35.1 Å². The van der Waals surface area contributed by atoms with Crippen LogP contribution >= 0.6 is 22.7 Å². The van der Waals surface area contributed by atoms with Crippen molar-refractivity contribution in [2.24, 2.45) is 0 Å². The van der Waals surface area contributed by atoms with Crippen LogP contribution in [0.3, 0.4) is 0 Å². The van der Waals surface area contributed by atoms with Crippen LogP contribution in [-0.2, 0) is 21.3 Å². The molecule has 1 aromatic carbocycles. The van der Waals surface area contributed by atoms with Crippen molar-refractivity contribution in [2.45, 2.75) is 11.4 Å². The maximum absolute atomic E-state index is 12.8. The summed E-state index contributed by atoms with van der Waals surface area (Å²) >= 11 is 3.26. The molecule has 0 unspecified atom stereocenters. The number of aromatic nitrogens is 1. The number of morpholine rings is 1. The fraction of sp³-hybridized carbons (Fsp3) is 0.278. The van der Waals surface area contributed by atoms with Crippen molar-refractivity contribution < 1.29 is 13.2 Å². The van der Waals surface area contributed by atoms with Crippen molar-refractivity contribution in [1.82, 2.24) is 9.29 Å². The Bertz CT molecular complexity index is 994. The summed E-state index contributed by atoms with van der Waals surface area (Å²) < 4.78 is 32.3. The van der Waals surface area contributed by atoms with E-state index in [0.29, 0.717) is 37.7 Å². The molecule has 3 heterocycles. The van der Waals surface area contributed by atoms with Gasteiger partial charge in [0.1, 0.15) is 5.01 Å². The highest BCUT2D eigenvalue weighted by Crippen LogP contribution is 2.26. The lowest BCUT2D eigenvalue weighted by Gasteiger charge is -2.26. The number of nitrogens with one attached hydrogen (secondary N) is 1. The van der Waals surface area contributed by atoms with Crippen molar-refractivity contribution in [3.8, 4) is 10.6 Å². The summed E-state index contributed by atoms with van der Waals surface area (Å²) in [7, 11) is -3.49. The third kappa shape index (κ3) is 4.22. The number of anilines is 1. The second kappa shape index (κ2) is 8.07. The molecule has 0 aliphatic carbocycles. The number of benzene rings is 1. The van der Waals surface area contributed by atoms with E-state index in [2.05, 4.69) is 21.7 Å². The Hall–Kier alpha value is -1.78. The first-order valence-corrected chi connectivity index (χ1v) is 11.8. The third-order valence-corrected chi connectivity index (χ3v) is 7.75. The number of nitrogens with zero attached hydrogens (tertiary/aromatic N) is 2. The van der Waals surface area contributed by atoms with E-state index in [4.69, 9.17) is 4.74 Å². The van der Waals surface area contributed by atoms with Gasteiger partial charge in [0.15, 0.2) is 0 Å². The van der Waals surface area contributed by atoms with E-state index in [1.807, 2.05) is 16.8 Å². The highest BCUT2D eigenvalue weighted by Gasteiger charge is 2.26. The molecule has 4 rings (SSSR count). The van der Waals surface area contributed by atoms with Crippen molar-refractivity contribution in [3.63, 3.8) is 0 Å². The average molecular weight is 422 g/mol. The minimum absolute atomic E-state index is 0.298. The Balaban J connectivity index is 1.45. The zero-order valence-electron chi connectivity index (χ0n) is 14.5. The fourth-order valence-electron chi connectivity index (χ4n) is 2.80. The first kappa shape index (κ1) is 18.6. The molecule has 0 spiro atoms. The number of ether oxygens (including phenoxy) is 1. The maximum Gasteiger partial charge on any atom is 0.243 e. The highest BCUT2D eigenvalue weighted by molar-refractivity contribution is 7.89. The number of hydrogen-bond donors (Lipinski definition) is 1. The summed E-state index contributed by atoms with van der Waals surface area (Å²) in [5, 5.41) is 10.4. The van der Waals surface area contributed by atoms with Crippen LogP contribution in [0, 0.1) is 0 Å². The smallest absolute Gasteiger partial charge is 0.243 e. The maximum atomic E-state index is 12.8. The van der Waals surface area contributed by atoms with Gasteiger partial charge in [-0.05, 0) is 29.6 Å². The molecule has 1 aliphatic heterocycles. The Morgan fingerprint density at radius 2 is 2.04 bits per heavy atom. The standard InChI is InChI=1S/C18H19N3O3S3/c22-27(23,21-5-7-24-8-6-21)17-3-1-2-15(10-17)19-11-16-13-26-18(20-16)14-4-9-25-12-14/h1-4,9-10,12-13,19H,5-8,11H2. The van der Waals surface area contributed by atoms with Crippen molar-refractivity contribution in [2.75, 3.05) is 31.6 Å². The highest BCUT2D eigenvalue weighted by atomic mass is 32.2. The van der Waals surface area contributed by atoms with Crippen LogP contribution in [-0.4, -0.2) is 44.0 Å². The topological polar surface area (TPSA) is 71.5 Å². The zero-order chi connectivity index (χ0) is 18.7. The largest absolute Gasteiger partial charge is 0.379 e. The molecule has 6 nitrogen and oxygen atoms in total. The van der Waals surface area contributed by atoms with Gasteiger partial charge in [-0.15, -0.1) is 11.3 Å². The van der Waals surface area contributed by atoms with E-state index in [0.717, 1.165) is 22.0 Å². The molecule has 1 N–H and O–H groups in total. The second-order valence-corrected chi connectivity index (χ2v) is 9.63. The molecule has 2 aromatic heterocycles. The molecule has 27 heavy (non-hydrogen) atoms. The van der Waals surface area contributed by atoms with Crippen LogP contribution in [0.5, 0.6) is 0 Å². The molecule has 0 atom stereocenters. The second-order valence-electron chi connectivity index (χ2n) is 6.05. The molecule has 0 saturated carbocycles. The van der Waals surface area contributed by atoms with Crippen LogP contribution in [0.25, 0.3) is 10.6 Å². The van der Waals surface area contributed by atoms with Gasteiger partial charge < -0.3 is 10.1 Å². The summed E-state index contributed by atoms with van der Waals surface area (Å²) in [6, 6.07) is 8.99. The first-order valence-electron chi connectivity index (χ1n) is 8.52. The van der Waals surface area contributed by atoms with Crippen LogP contribution in [0.4, 0.5) is 5.69 Å². The van der Waals surface area contributed by atoms with Gasteiger partial charge in [-0.2, -0.15) is 15.6 Å². The van der Waals surface area contributed by atoms with Gasteiger partial charge in [0.05, 0.1) is 30.3 Å². The van der Waals surface area contributed by atoms with E-state index in [9.17, 15) is 8.42 Å². The van der Waals surface area contributed by atoms with Crippen molar-refractivity contribution >= 4 is 38.4 Å². The predicted octanol–water partition coefficient (Wildman–Crippen LogP) is 3.50. The van der Waals surface area contributed by atoms with Crippen LogP contribution in [0.15, 0.2) is 51.4 Å². The summed E-state index contributed by atoms with van der Waals surface area (Å²) in [5.74, 6) is 0. The van der Waals surface area contributed by atoms with E-state index in [-0.39, 0.29) is 0 Å². The van der Waals surface area contributed by atoms with Crippen molar-refractivity contribution in [1.29, 1.82) is 0 Å². The molecule has 0 bridgehead atoms. The van der Waals surface area contributed by atoms with Crippen LogP contribution in [0.1, 0.15) is 5.69 Å². The molecule has 0 radical (unpaired) electrons. The van der Waals surface area contributed by atoms with Crippen molar-refractivity contribution in [3.05, 3.63) is 52.2 Å². The molecule has 0 amide bonds. The van der Waals surface area contributed by atoms with Gasteiger partial charge in [-0.1, -0.05) is 6.07 Å². The van der Waals surface area contributed by atoms with Crippen LogP contribution < -0.4 is 5.32 Å². The lowest BCUT2D eigenvalue weighted by Crippen LogP contribution is -2.40. The molecule has 9 heteroatoms. The molecule has 3 aromatic rings. The van der Waals surface area contributed by atoms with Gasteiger partial charge >= 0.3 is 0 Å². The number of hydrogen-bond acceptors (Lipinski definition) is 7. The normalized spacial score (nSPS) is 15.7. The predicted molar refractivity (Wildman–Crippen MR) is 109 cm³/mol. The molecule has 1 fully saturated rings. The first-order chi connectivity index (χ1) is 13.1. The number of thiazole rings is 1. The van der Waals surface area contributed by atoms with Gasteiger partial charge in [0.25, 0.3) is 0 Å². The number of sulfonamides is 1.